The number of benzene rings is 2. The fourth-order valence-electron chi connectivity index (χ4n) is 1.83. The maximum Gasteiger partial charge on any atom is 0.254 e. The summed E-state index contributed by atoms with van der Waals surface area (Å²) in [5.41, 5.74) is 0.722. The lowest BCUT2D eigenvalue weighted by Crippen LogP contribution is -2.27. The molecule has 2 aromatic carbocycles. The quantitative estimate of drug-likeness (QED) is 0.895. The first-order valence-electron chi connectivity index (χ1n) is 6.03. The van der Waals surface area contributed by atoms with Gasteiger partial charge in [-0.15, -0.1) is 0 Å². The zero-order chi connectivity index (χ0) is 14.7. The number of rotatable bonds is 3. The van der Waals surface area contributed by atoms with Gasteiger partial charge >= 0.3 is 0 Å². The first-order chi connectivity index (χ1) is 9.49. The van der Waals surface area contributed by atoms with Gasteiger partial charge in [-0.2, -0.15) is 0 Å². The molecule has 1 amide bonds. The highest BCUT2D eigenvalue weighted by molar-refractivity contribution is 9.10. The Morgan fingerprint density at radius 1 is 1.30 bits per heavy atom. The fraction of sp³-hybridized carbons (Fsp3) is 0.133. The Morgan fingerprint density at radius 3 is 2.70 bits per heavy atom. The molecule has 0 saturated carbocycles. The molecule has 0 aliphatic carbocycles. The van der Waals surface area contributed by atoms with Crippen molar-refractivity contribution in [1.29, 1.82) is 0 Å². The number of carbonyl (C=O) groups is 1. The summed E-state index contributed by atoms with van der Waals surface area (Å²) in [7, 11) is 0. The molecule has 1 unspecified atom stereocenters. The van der Waals surface area contributed by atoms with Crippen molar-refractivity contribution in [3.8, 4) is 5.75 Å². The Bertz CT molecular complexity index is 646. The number of amides is 1. The second kappa shape index (κ2) is 6.05. The van der Waals surface area contributed by atoms with E-state index in [1.54, 1.807) is 37.3 Å². The standard InChI is InChI=1S/C15H13BrFNO2/c1-9(10-4-2-5-11(19)8-10)18-15(20)12-6-3-7-13(16)14(12)17/h2-9,19H,1H3,(H,18,20). The minimum Gasteiger partial charge on any atom is -0.508 e. The predicted octanol–water partition coefficient (Wildman–Crippen LogP) is 3.78. The van der Waals surface area contributed by atoms with E-state index in [-0.39, 0.29) is 21.8 Å². The predicted molar refractivity (Wildman–Crippen MR) is 78.1 cm³/mol. The van der Waals surface area contributed by atoms with Crippen LogP contribution in [0.5, 0.6) is 5.75 Å². The van der Waals surface area contributed by atoms with Crippen LogP contribution in [0.4, 0.5) is 4.39 Å². The number of phenols is 1. The number of aromatic hydroxyl groups is 1. The number of nitrogens with one attached hydrogen (secondary N) is 1. The molecule has 5 heteroatoms. The monoisotopic (exact) mass is 337 g/mol. The van der Waals surface area contributed by atoms with Crippen LogP contribution < -0.4 is 5.32 Å². The van der Waals surface area contributed by atoms with E-state index in [1.807, 2.05) is 0 Å². The second-order valence-corrected chi connectivity index (χ2v) is 5.25. The van der Waals surface area contributed by atoms with Crippen molar-refractivity contribution in [3.05, 3.63) is 63.9 Å². The molecule has 0 heterocycles. The van der Waals surface area contributed by atoms with Crippen LogP contribution in [0, 0.1) is 5.82 Å². The first kappa shape index (κ1) is 14.5. The molecule has 0 fully saturated rings. The Morgan fingerprint density at radius 2 is 2.00 bits per heavy atom. The van der Waals surface area contributed by atoms with E-state index in [2.05, 4.69) is 21.2 Å². The minimum atomic E-state index is -0.590. The molecule has 0 saturated heterocycles. The van der Waals surface area contributed by atoms with E-state index < -0.39 is 11.7 Å². The van der Waals surface area contributed by atoms with Crippen LogP contribution in [0.15, 0.2) is 46.9 Å². The molecule has 2 aromatic rings. The van der Waals surface area contributed by atoms with Gasteiger partial charge in [0.05, 0.1) is 16.1 Å². The lowest BCUT2D eigenvalue weighted by molar-refractivity contribution is 0.0935. The maximum absolute atomic E-state index is 13.8. The van der Waals surface area contributed by atoms with Gasteiger partial charge in [-0.05, 0) is 52.7 Å². The van der Waals surface area contributed by atoms with Gasteiger partial charge in [0, 0.05) is 0 Å². The van der Waals surface area contributed by atoms with Crippen molar-refractivity contribution in [3.63, 3.8) is 0 Å². The van der Waals surface area contributed by atoms with Crippen LogP contribution in [0.2, 0.25) is 0 Å². The molecule has 2 rings (SSSR count). The number of halogens is 2. The van der Waals surface area contributed by atoms with Crippen LogP contribution >= 0.6 is 15.9 Å². The Kier molecular flexibility index (Phi) is 4.39. The van der Waals surface area contributed by atoms with E-state index in [0.717, 1.165) is 5.56 Å². The average molecular weight is 338 g/mol. The number of phenolic OH excluding ortho intramolecular Hbond substituents is 1. The molecule has 0 radical (unpaired) electrons. The van der Waals surface area contributed by atoms with Gasteiger partial charge in [-0.25, -0.2) is 4.39 Å². The maximum atomic E-state index is 13.8. The second-order valence-electron chi connectivity index (χ2n) is 4.39. The third-order valence-corrected chi connectivity index (χ3v) is 3.53. The van der Waals surface area contributed by atoms with E-state index in [9.17, 15) is 14.3 Å². The lowest BCUT2D eigenvalue weighted by Gasteiger charge is -2.15. The SMILES string of the molecule is CC(NC(=O)c1cccc(Br)c1F)c1cccc(O)c1. The van der Waals surface area contributed by atoms with E-state index in [0.29, 0.717) is 0 Å². The zero-order valence-corrected chi connectivity index (χ0v) is 12.3. The molecule has 0 aromatic heterocycles. The lowest BCUT2D eigenvalue weighted by atomic mass is 10.1. The molecule has 0 bridgehead atoms. The van der Waals surface area contributed by atoms with E-state index >= 15 is 0 Å². The Labute approximate surface area is 124 Å². The van der Waals surface area contributed by atoms with E-state index in [1.165, 1.54) is 12.1 Å². The van der Waals surface area contributed by atoms with Crippen molar-refractivity contribution >= 4 is 21.8 Å². The van der Waals surface area contributed by atoms with Crippen molar-refractivity contribution in [2.24, 2.45) is 0 Å². The molecule has 20 heavy (non-hydrogen) atoms. The van der Waals surface area contributed by atoms with Crippen LogP contribution in [0.3, 0.4) is 0 Å². The molecule has 3 nitrogen and oxygen atoms in total. The zero-order valence-electron chi connectivity index (χ0n) is 10.7. The minimum absolute atomic E-state index is 0.0219. The van der Waals surface area contributed by atoms with Gasteiger partial charge in [0.15, 0.2) is 0 Å². The summed E-state index contributed by atoms with van der Waals surface area (Å²) < 4.78 is 14.1. The van der Waals surface area contributed by atoms with Crippen molar-refractivity contribution in [2.75, 3.05) is 0 Å². The third-order valence-electron chi connectivity index (χ3n) is 2.91. The van der Waals surface area contributed by atoms with Gasteiger partial charge in [0.2, 0.25) is 0 Å². The van der Waals surface area contributed by atoms with E-state index in [4.69, 9.17) is 0 Å². The van der Waals surface area contributed by atoms with Gasteiger partial charge in [-0.3, -0.25) is 4.79 Å². The van der Waals surface area contributed by atoms with Gasteiger partial charge in [-0.1, -0.05) is 18.2 Å². The van der Waals surface area contributed by atoms with Gasteiger partial charge in [0.25, 0.3) is 5.91 Å². The van der Waals surface area contributed by atoms with Gasteiger partial charge in [0.1, 0.15) is 11.6 Å². The summed E-state index contributed by atoms with van der Waals surface area (Å²) in [6, 6.07) is 10.8. The molecule has 0 aliphatic heterocycles. The van der Waals surface area contributed by atoms with Gasteiger partial charge < -0.3 is 10.4 Å². The molecular formula is C15H13BrFNO2. The van der Waals surface area contributed by atoms with Crippen LogP contribution in [-0.4, -0.2) is 11.0 Å². The molecular weight excluding hydrogens is 325 g/mol. The van der Waals surface area contributed by atoms with Crippen LogP contribution in [0.1, 0.15) is 28.9 Å². The molecule has 104 valence electrons. The number of hydrogen-bond acceptors (Lipinski definition) is 2. The summed E-state index contributed by atoms with van der Waals surface area (Å²) in [6.07, 6.45) is 0. The highest BCUT2D eigenvalue weighted by atomic mass is 79.9. The van der Waals surface area contributed by atoms with Crippen LogP contribution in [-0.2, 0) is 0 Å². The van der Waals surface area contributed by atoms with Crippen molar-refractivity contribution < 1.29 is 14.3 Å². The summed E-state index contributed by atoms with van der Waals surface area (Å²) in [5, 5.41) is 12.1. The third kappa shape index (κ3) is 3.17. The molecule has 2 N–H and O–H groups in total. The largest absolute Gasteiger partial charge is 0.508 e. The summed E-state index contributed by atoms with van der Waals surface area (Å²) >= 11 is 3.05. The smallest absolute Gasteiger partial charge is 0.254 e. The topological polar surface area (TPSA) is 49.3 Å². The normalized spacial score (nSPS) is 11.9. The van der Waals surface area contributed by atoms with Crippen LogP contribution in [0.25, 0.3) is 0 Å². The first-order valence-corrected chi connectivity index (χ1v) is 6.82. The van der Waals surface area contributed by atoms with Crippen molar-refractivity contribution in [1.82, 2.24) is 5.32 Å². The Balaban J connectivity index is 2.17. The number of carbonyl (C=O) groups excluding carboxylic acids is 1. The fourth-order valence-corrected chi connectivity index (χ4v) is 2.20. The summed E-state index contributed by atoms with van der Waals surface area (Å²) in [5.74, 6) is -0.968. The molecule has 0 aliphatic rings. The Hall–Kier alpha value is -1.88. The summed E-state index contributed by atoms with van der Waals surface area (Å²) in [4.78, 5) is 12.1. The number of hydrogen-bond donors (Lipinski definition) is 2. The highest BCUT2D eigenvalue weighted by Crippen LogP contribution is 2.21. The summed E-state index contributed by atoms with van der Waals surface area (Å²) in [6.45, 7) is 1.77. The molecule has 1 atom stereocenters. The van der Waals surface area contributed by atoms with Crippen molar-refractivity contribution in [2.45, 2.75) is 13.0 Å². The highest BCUT2D eigenvalue weighted by Gasteiger charge is 2.16. The molecule has 0 spiro atoms. The average Bonchev–Trinajstić information content (AvgIpc) is 2.41.